The lowest BCUT2D eigenvalue weighted by Crippen LogP contribution is -2.38. The Hall–Kier alpha value is -1.32. The molecule has 4 heteroatoms. The molecule has 0 aliphatic rings. The molecule has 0 N–H and O–H groups in total. The van der Waals surface area contributed by atoms with Crippen LogP contribution in [0.3, 0.4) is 0 Å². The maximum absolute atomic E-state index is 10.8. The molecule has 0 spiro atoms. The van der Waals surface area contributed by atoms with E-state index in [0.29, 0.717) is 5.69 Å². The molecular formula is C7H9NO3. The topological polar surface area (TPSA) is 46.6 Å². The van der Waals surface area contributed by atoms with E-state index in [9.17, 15) is 9.59 Å². The van der Waals surface area contributed by atoms with Crippen molar-refractivity contribution < 1.29 is 4.74 Å². The van der Waals surface area contributed by atoms with E-state index in [1.165, 1.54) is 7.11 Å². The summed E-state index contributed by atoms with van der Waals surface area (Å²) in [5.41, 5.74) is -0.638. The van der Waals surface area contributed by atoms with Gasteiger partial charge in [0.2, 0.25) is 0 Å². The minimum Gasteiger partial charge on any atom is -0.491 e. The van der Waals surface area contributed by atoms with Gasteiger partial charge in [0.1, 0.15) is 5.69 Å². The summed E-state index contributed by atoms with van der Waals surface area (Å²) in [6, 6.07) is 0. The van der Waals surface area contributed by atoms with Crippen molar-refractivity contribution in [3.63, 3.8) is 0 Å². The maximum atomic E-state index is 10.8. The number of nitrogens with zero attached hydrogens (tertiary/aromatic N) is 1. The molecule has 1 aromatic carbocycles. The first kappa shape index (κ1) is 7.78. The van der Waals surface area contributed by atoms with E-state index in [1.807, 2.05) is 0 Å². The average molecular weight is 155 g/mol. The number of rotatable bonds is 2. The van der Waals surface area contributed by atoms with Crippen LogP contribution in [-0.2, 0) is 0 Å². The van der Waals surface area contributed by atoms with Crippen LogP contribution in [-0.4, -0.2) is 21.2 Å². The van der Waals surface area contributed by atoms with E-state index in [1.54, 1.807) is 19.0 Å². The van der Waals surface area contributed by atoms with Crippen molar-refractivity contribution in [2.45, 2.75) is 0 Å². The first-order valence-electron chi connectivity index (χ1n) is 3.14. The molecule has 4 nitrogen and oxygen atoms in total. The van der Waals surface area contributed by atoms with Gasteiger partial charge in [0.05, 0.1) is 7.11 Å². The van der Waals surface area contributed by atoms with Crippen molar-refractivity contribution in [1.29, 1.82) is 0 Å². The second kappa shape index (κ2) is 2.38. The highest BCUT2D eigenvalue weighted by Gasteiger charge is 2.22. The Morgan fingerprint density at radius 3 is 2.00 bits per heavy atom. The molecule has 0 heterocycles. The summed E-state index contributed by atoms with van der Waals surface area (Å²) >= 11 is 0. The molecular weight excluding hydrogens is 146 g/mol. The summed E-state index contributed by atoms with van der Waals surface area (Å²) < 4.78 is 4.71. The Morgan fingerprint density at radius 2 is 1.73 bits per heavy atom. The van der Waals surface area contributed by atoms with Gasteiger partial charge in [0.15, 0.2) is 5.75 Å². The first-order chi connectivity index (χ1) is 5.09. The second-order valence-corrected chi connectivity index (χ2v) is 2.43. The smallest absolute Gasteiger partial charge is 0.272 e. The summed E-state index contributed by atoms with van der Waals surface area (Å²) in [5.74, 6) is 0.167. The summed E-state index contributed by atoms with van der Waals surface area (Å²) in [6.07, 6.45) is 0. The molecule has 0 aromatic heterocycles. The maximum Gasteiger partial charge on any atom is 0.272 e. The lowest BCUT2D eigenvalue weighted by Gasteiger charge is -2.16. The molecule has 1 aromatic rings. The zero-order chi connectivity index (χ0) is 8.59. The van der Waals surface area contributed by atoms with Crippen LogP contribution in [0.1, 0.15) is 0 Å². The molecule has 0 amide bonds. The number of methoxy groups -OCH3 is 1. The number of anilines is 1. The zero-order valence-electron chi connectivity index (χ0n) is 6.67. The Bertz CT molecular complexity index is 333. The zero-order valence-corrected chi connectivity index (χ0v) is 6.67. The van der Waals surface area contributed by atoms with Crippen molar-refractivity contribution in [2.24, 2.45) is 0 Å². The van der Waals surface area contributed by atoms with E-state index >= 15 is 0 Å². The minimum atomic E-state index is -0.531. The van der Waals surface area contributed by atoms with Gasteiger partial charge in [-0.05, 0) is 0 Å². The van der Waals surface area contributed by atoms with E-state index in [0.717, 1.165) is 0 Å². The minimum absolute atomic E-state index is 0.167. The van der Waals surface area contributed by atoms with Crippen molar-refractivity contribution in [2.75, 3.05) is 26.1 Å². The third-order valence-electron chi connectivity index (χ3n) is 1.49. The highest BCUT2D eigenvalue weighted by molar-refractivity contribution is 5.62. The molecule has 0 saturated carbocycles. The highest BCUT2D eigenvalue weighted by Crippen LogP contribution is 2.18. The van der Waals surface area contributed by atoms with Crippen LogP contribution in [0.5, 0.6) is 5.75 Å². The van der Waals surface area contributed by atoms with E-state index in [2.05, 4.69) is 0 Å². The summed E-state index contributed by atoms with van der Waals surface area (Å²) in [5, 5.41) is 0. The molecule has 0 unspecified atom stereocenters. The van der Waals surface area contributed by atoms with Gasteiger partial charge in [-0.3, -0.25) is 9.59 Å². The summed E-state index contributed by atoms with van der Waals surface area (Å²) in [4.78, 5) is 23.2. The fourth-order valence-electron chi connectivity index (χ4n) is 0.954. The summed E-state index contributed by atoms with van der Waals surface area (Å²) in [6.45, 7) is 0. The Morgan fingerprint density at radius 1 is 1.18 bits per heavy atom. The largest absolute Gasteiger partial charge is 0.491 e. The molecule has 1 rings (SSSR count). The average Bonchev–Trinajstić information content (AvgIpc) is 1.96. The Kier molecular flexibility index (Phi) is 1.68. The molecule has 0 saturated heterocycles. The predicted octanol–water partition coefficient (Wildman–Crippen LogP) is -0.643. The van der Waals surface area contributed by atoms with Gasteiger partial charge in [0.25, 0.3) is 10.9 Å². The van der Waals surface area contributed by atoms with Crippen LogP contribution in [0.25, 0.3) is 0 Å². The van der Waals surface area contributed by atoms with Crippen LogP contribution in [0.15, 0.2) is 9.59 Å². The monoisotopic (exact) mass is 155 g/mol. The predicted molar refractivity (Wildman–Crippen MR) is 42.2 cm³/mol. The van der Waals surface area contributed by atoms with Crippen LogP contribution in [0.4, 0.5) is 5.69 Å². The Labute approximate surface area is 63.7 Å². The van der Waals surface area contributed by atoms with E-state index < -0.39 is 10.9 Å². The quantitative estimate of drug-likeness (QED) is 0.533. The van der Waals surface area contributed by atoms with Gasteiger partial charge < -0.3 is 9.64 Å². The fourth-order valence-corrected chi connectivity index (χ4v) is 0.954. The molecule has 0 aliphatic heterocycles. The lowest BCUT2D eigenvalue weighted by atomic mass is 10.2. The van der Waals surface area contributed by atoms with Gasteiger partial charge in [-0.25, -0.2) is 0 Å². The number of ether oxygens (including phenoxy) is 1. The fraction of sp³-hybridized carbons (Fsp3) is 0.429. The third kappa shape index (κ3) is 0.906. The van der Waals surface area contributed by atoms with Gasteiger partial charge >= 0.3 is 0 Å². The molecule has 0 atom stereocenters. The van der Waals surface area contributed by atoms with Crippen molar-refractivity contribution >= 4 is 5.69 Å². The normalized spacial score (nSPS) is 10.1. The third-order valence-corrected chi connectivity index (χ3v) is 1.49. The van der Waals surface area contributed by atoms with Crippen LogP contribution in [0, 0.1) is 0 Å². The molecule has 0 fully saturated rings. The van der Waals surface area contributed by atoms with Gasteiger partial charge in [-0.15, -0.1) is 0 Å². The van der Waals surface area contributed by atoms with Crippen molar-refractivity contribution in [1.82, 2.24) is 0 Å². The molecule has 60 valence electrons. The van der Waals surface area contributed by atoms with E-state index in [-0.39, 0.29) is 5.75 Å². The van der Waals surface area contributed by atoms with Gasteiger partial charge in [-0.2, -0.15) is 0 Å². The number of hydrogen-bond acceptors (Lipinski definition) is 4. The Balaban J connectivity index is 3.19. The first-order valence-corrected chi connectivity index (χ1v) is 3.14. The van der Waals surface area contributed by atoms with Crippen LogP contribution >= 0.6 is 0 Å². The second-order valence-electron chi connectivity index (χ2n) is 2.43. The number of hydrogen-bond donors (Lipinski definition) is 0. The van der Waals surface area contributed by atoms with Crippen LogP contribution in [0.2, 0.25) is 0 Å². The van der Waals surface area contributed by atoms with Crippen molar-refractivity contribution in [3.05, 3.63) is 20.4 Å². The molecule has 11 heavy (non-hydrogen) atoms. The summed E-state index contributed by atoms with van der Waals surface area (Å²) in [7, 11) is 4.76. The SMILES string of the molecule is COc1c(N(C)C)c(=O)c1=O. The van der Waals surface area contributed by atoms with Crippen LogP contribution < -0.4 is 20.5 Å². The molecule has 0 bridgehead atoms. The standard InChI is InChI=1S/C7H9NO3/c1-8(2)4-5(9)6(10)7(4)11-3/h1-3H3. The van der Waals surface area contributed by atoms with Crippen molar-refractivity contribution in [3.8, 4) is 5.75 Å². The molecule has 0 aliphatic carbocycles. The lowest BCUT2D eigenvalue weighted by molar-refractivity contribution is 0.406. The molecule has 0 radical (unpaired) electrons. The van der Waals surface area contributed by atoms with Gasteiger partial charge in [-0.1, -0.05) is 0 Å². The van der Waals surface area contributed by atoms with E-state index in [4.69, 9.17) is 4.74 Å². The van der Waals surface area contributed by atoms with Gasteiger partial charge in [0, 0.05) is 14.1 Å². The highest BCUT2D eigenvalue weighted by atomic mass is 16.5.